The molecule has 1 atom stereocenters. The summed E-state index contributed by atoms with van der Waals surface area (Å²) in [5.41, 5.74) is 1.20. The van der Waals surface area contributed by atoms with Crippen molar-refractivity contribution in [3.8, 4) is 0 Å². The Hall–Kier alpha value is -0.450. The van der Waals surface area contributed by atoms with Gasteiger partial charge in [0.05, 0.1) is 10.7 Å². The number of thiazole rings is 1. The molecule has 102 valence electrons. The third-order valence-corrected chi connectivity index (χ3v) is 4.51. The third-order valence-electron chi connectivity index (χ3n) is 3.47. The molecule has 1 aliphatic rings. The van der Waals surface area contributed by atoms with Gasteiger partial charge in [-0.15, -0.1) is 11.3 Å². The third kappa shape index (κ3) is 4.34. The van der Waals surface area contributed by atoms with Crippen LogP contribution in [0.25, 0.3) is 0 Å². The number of likely N-dealkylation sites (tertiary alicyclic amines) is 1. The van der Waals surface area contributed by atoms with Gasteiger partial charge in [0.1, 0.15) is 0 Å². The molecule has 4 heteroatoms. The van der Waals surface area contributed by atoms with Crippen molar-refractivity contribution >= 4 is 11.3 Å². The van der Waals surface area contributed by atoms with Crippen LogP contribution in [0.15, 0.2) is 5.38 Å². The van der Waals surface area contributed by atoms with E-state index in [1.54, 1.807) is 11.3 Å². The summed E-state index contributed by atoms with van der Waals surface area (Å²) in [6.45, 7) is 10.4. The van der Waals surface area contributed by atoms with Crippen LogP contribution in [-0.2, 0) is 13.0 Å². The van der Waals surface area contributed by atoms with Crippen molar-refractivity contribution in [1.29, 1.82) is 0 Å². The van der Waals surface area contributed by atoms with Crippen molar-refractivity contribution in [2.75, 3.05) is 26.2 Å². The molecule has 0 bridgehead atoms. The first-order chi connectivity index (χ1) is 8.78. The summed E-state index contributed by atoms with van der Waals surface area (Å²) < 4.78 is 0. The average molecular weight is 267 g/mol. The molecule has 1 unspecified atom stereocenters. The largest absolute Gasteiger partial charge is 0.311 e. The van der Waals surface area contributed by atoms with Gasteiger partial charge in [0.15, 0.2) is 0 Å². The lowest BCUT2D eigenvalue weighted by molar-refractivity contribution is 0.282. The van der Waals surface area contributed by atoms with E-state index in [2.05, 4.69) is 34.4 Å². The molecule has 0 amide bonds. The predicted molar refractivity (Wildman–Crippen MR) is 78.0 cm³/mol. The monoisotopic (exact) mass is 267 g/mol. The molecule has 1 N–H and O–H groups in total. The van der Waals surface area contributed by atoms with Gasteiger partial charge in [0, 0.05) is 18.5 Å². The Morgan fingerprint density at radius 2 is 2.22 bits per heavy atom. The van der Waals surface area contributed by atoms with Crippen LogP contribution >= 0.6 is 11.3 Å². The van der Waals surface area contributed by atoms with Gasteiger partial charge in [-0.2, -0.15) is 0 Å². The molecule has 2 rings (SSSR count). The number of hydrogen-bond donors (Lipinski definition) is 1. The summed E-state index contributed by atoms with van der Waals surface area (Å²) in [5, 5.41) is 6.96. The SMILES string of the molecule is CCc1nc(CNCC(C)CN2CCCC2)cs1. The molecule has 0 aromatic carbocycles. The average Bonchev–Trinajstić information content (AvgIpc) is 3.00. The van der Waals surface area contributed by atoms with Gasteiger partial charge in [0.2, 0.25) is 0 Å². The fourth-order valence-electron chi connectivity index (χ4n) is 2.51. The first kappa shape index (κ1) is 14.0. The van der Waals surface area contributed by atoms with Crippen molar-refractivity contribution < 1.29 is 0 Å². The lowest BCUT2D eigenvalue weighted by atomic mass is 10.1. The zero-order valence-corrected chi connectivity index (χ0v) is 12.4. The number of hydrogen-bond acceptors (Lipinski definition) is 4. The number of aryl methyl sites for hydroxylation is 1. The minimum absolute atomic E-state index is 0.729. The van der Waals surface area contributed by atoms with Crippen LogP contribution in [0.5, 0.6) is 0 Å². The summed E-state index contributed by atoms with van der Waals surface area (Å²) in [7, 11) is 0. The van der Waals surface area contributed by atoms with Gasteiger partial charge in [0.25, 0.3) is 0 Å². The highest BCUT2D eigenvalue weighted by molar-refractivity contribution is 7.09. The molecular weight excluding hydrogens is 242 g/mol. The first-order valence-corrected chi connectivity index (χ1v) is 8.02. The Bertz CT molecular complexity index is 345. The van der Waals surface area contributed by atoms with Crippen LogP contribution in [0.4, 0.5) is 0 Å². The maximum absolute atomic E-state index is 4.57. The molecule has 2 heterocycles. The van der Waals surface area contributed by atoms with Gasteiger partial charge in [-0.25, -0.2) is 4.98 Å². The van der Waals surface area contributed by atoms with Gasteiger partial charge < -0.3 is 10.2 Å². The van der Waals surface area contributed by atoms with Crippen LogP contribution in [0.2, 0.25) is 0 Å². The number of rotatable bonds is 7. The maximum atomic E-state index is 4.57. The highest BCUT2D eigenvalue weighted by Gasteiger charge is 2.14. The summed E-state index contributed by atoms with van der Waals surface area (Å²) in [4.78, 5) is 7.16. The quantitative estimate of drug-likeness (QED) is 0.823. The zero-order valence-electron chi connectivity index (χ0n) is 11.6. The van der Waals surface area contributed by atoms with Crippen molar-refractivity contribution in [2.45, 2.75) is 39.7 Å². The van der Waals surface area contributed by atoms with E-state index >= 15 is 0 Å². The molecule has 0 aliphatic carbocycles. The summed E-state index contributed by atoms with van der Waals surface area (Å²) >= 11 is 1.78. The smallest absolute Gasteiger partial charge is 0.0926 e. The van der Waals surface area contributed by atoms with Crippen LogP contribution in [-0.4, -0.2) is 36.1 Å². The Morgan fingerprint density at radius 3 is 2.89 bits per heavy atom. The van der Waals surface area contributed by atoms with Crippen molar-refractivity contribution in [3.05, 3.63) is 16.1 Å². The Morgan fingerprint density at radius 1 is 1.44 bits per heavy atom. The van der Waals surface area contributed by atoms with Gasteiger partial charge in [-0.3, -0.25) is 0 Å². The van der Waals surface area contributed by atoms with Crippen LogP contribution in [0.3, 0.4) is 0 Å². The molecule has 3 nitrogen and oxygen atoms in total. The normalized spacial score (nSPS) is 18.3. The van der Waals surface area contributed by atoms with Gasteiger partial charge in [-0.1, -0.05) is 13.8 Å². The molecule has 0 radical (unpaired) electrons. The fraction of sp³-hybridized carbons (Fsp3) is 0.786. The molecule has 1 aromatic rings. The summed E-state index contributed by atoms with van der Waals surface area (Å²) in [6.07, 6.45) is 3.83. The lowest BCUT2D eigenvalue weighted by Gasteiger charge is -2.20. The van der Waals surface area contributed by atoms with Crippen molar-refractivity contribution in [3.63, 3.8) is 0 Å². The predicted octanol–water partition coefficient (Wildman–Crippen LogP) is 2.53. The lowest BCUT2D eigenvalue weighted by Crippen LogP contribution is -2.31. The summed E-state index contributed by atoms with van der Waals surface area (Å²) in [5.74, 6) is 0.729. The Labute approximate surface area is 115 Å². The van der Waals surface area contributed by atoms with Crippen molar-refractivity contribution in [1.82, 2.24) is 15.2 Å². The van der Waals surface area contributed by atoms with Crippen LogP contribution in [0, 0.1) is 5.92 Å². The topological polar surface area (TPSA) is 28.2 Å². The molecule has 1 aromatic heterocycles. The second-order valence-corrected chi connectivity index (χ2v) is 6.27. The van der Waals surface area contributed by atoms with Crippen LogP contribution < -0.4 is 5.32 Å². The summed E-state index contributed by atoms with van der Waals surface area (Å²) in [6, 6.07) is 0. The molecule has 0 saturated carbocycles. The van der Waals surface area contributed by atoms with E-state index in [0.717, 1.165) is 25.4 Å². The van der Waals surface area contributed by atoms with E-state index in [9.17, 15) is 0 Å². The molecule has 1 fully saturated rings. The highest BCUT2D eigenvalue weighted by atomic mass is 32.1. The van der Waals surface area contributed by atoms with Crippen molar-refractivity contribution in [2.24, 2.45) is 5.92 Å². The Balaban J connectivity index is 1.61. The number of nitrogens with one attached hydrogen (secondary N) is 1. The van der Waals surface area contributed by atoms with E-state index in [0.29, 0.717) is 0 Å². The molecule has 0 spiro atoms. The van der Waals surface area contributed by atoms with E-state index in [1.807, 2.05) is 0 Å². The standard InChI is InChI=1S/C14H25N3S/c1-3-14-16-13(11-18-14)9-15-8-12(2)10-17-6-4-5-7-17/h11-12,15H,3-10H2,1-2H3. The Kier molecular flexibility index (Phi) is 5.60. The maximum Gasteiger partial charge on any atom is 0.0926 e. The number of nitrogens with zero attached hydrogens (tertiary/aromatic N) is 2. The zero-order chi connectivity index (χ0) is 12.8. The minimum atomic E-state index is 0.729. The number of aromatic nitrogens is 1. The molecule has 1 aliphatic heterocycles. The second-order valence-electron chi connectivity index (χ2n) is 5.33. The van der Waals surface area contributed by atoms with Crippen LogP contribution in [0.1, 0.15) is 37.4 Å². The van der Waals surface area contributed by atoms with E-state index in [4.69, 9.17) is 0 Å². The van der Waals surface area contributed by atoms with Gasteiger partial charge >= 0.3 is 0 Å². The minimum Gasteiger partial charge on any atom is -0.311 e. The molecule has 18 heavy (non-hydrogen) atoms. The van der Waals surface area contributed by atoms with E-state index in [1.165, 1.54) is 43.2 Å². The molecule has 1 saturated heterocycles. The fourth-order valence-corrected chi connectivity index (χ4v) is 3.25. The second kappa shape index (κ2) is 7.22. The highest BCUT2D eigenvalue weighted by Crippen LogP contribution is 2.11. The van der Waals surface area contributed by atoms with E-state index < -0.39 is 0 Å². The van der Waals surface area contributed by atoms with E-state index in [-0.39, 0.29) is 0 Å². The molecular formula is C14H25N3S. The van der Waals surface area contributed by atoms with Gasteiger partial charge in [-0.05, 0) is 44.8 Å². The first-order valence-electron chi connectivity index (χ1n) is 7.14.